The molecular weight excluding hydrogens is 426 g/mol. The fourth-order valence-electron chi connectivity index (χ4n) is 3.53. The minimum atomic E-state index is -0.794. The number of ether oxygens (including phenoxy) is 2. The van der Waals surface area contributed by atoms with Gasteiger partial charge in [-0.2, -0.15) is 0 Å². The molecule has 0 aliphatic carbocycles. The minimum Gasteiger partial charge on any atom is -0.434 e. The fraction of sp³-hybridized carbons (Fsp3) is 0.333. The number of benzene rings is 2. The first-order chi connectivity index (χ1) is 15.9. The van der Waals surface area contributed by atoms with Crippen LogP contribution in [0.25, 0.3) is 0 Å². The van der Waals surface area contributed by atoms with E-state index in [1.807, 2.05) is 0 Å². The zero-order chi connectivity index (χ0) is 23.8. The van der Waals surface area contributed by atoms with Crippen molar-refractivity contribution in [1.29, 1.82) is 0 Å². The van der Waals surface area contributed by atoms with Gasteiger partial charge in [0.25, 0.3) is 11.8 Å². The van der Waals surface area contributed by atoms with Gasteiger partial charge in [0.15, 0.2) is 0 Å². The quantitative estimate of drug-likeness (QED) is 0.513. The lowest BCUT2D eigenvalue weighted by atomic mass is 10.0. The molecule has 3 amide bonds. The molecule has 2 N–H and O–H groups in total. The molecule has 1 aliphatic heterocycles. The molecule has 3 rings (SSSR count). The van der Waals surface area contributed by atoms with E-state index >= 15 is 0 Å². The Morgan fingerprint density at radius 1 is 1.00 bits per heavy atom. The predicted molar refractivity (Wildman–Crippen MR) is 121 cm³/mol. The molecule has 0 unspecified atom stereocenters. The number of likely N-dealkylation sites (tertiary alicyclic amines) is 1. The van der Waals surface area contributed by atoms with Crippen molar-refractivity contribution in [2.45, 2.75) is 32.7 Å². The van der Waals surface area contributed by atoms with E-state index < -0.39 is 6.16 Å². The number of amides is 3. The summed E-state index contributed by atoms with van der Waals surface area (Å²) in [6, 6.07) is 13.0. The molecule has 1 aliphatic rings. The summed E-state index contributed by atoms with van der Waals surface area (Å²) in [6.07, 6.45) is 0.470. The van der Waals surface area contributed by atoms with Crippen LogP contribution in [-0.2, 0) is 9.53 Å². The van der Waals surface area contributed by atoms with E-state index in [-0.39, 0.29) is 30.4 Å². The highest BCUT2D eigenvalue weighted by Gasteiger charge is 2.25. The van der Waals surface area contributed by atoms with Crippen molar-refractivity contribution in [2.24, 2.45) is 0 Å². The molecule has 1 fully saturated rings. The third kappa shape index (κ3) is 6.80. The Kier molecular flexibility index (Phi) is 8.01. The van der Waals surface area contributed by atoms with Crippen LogP contribution in [0.2, 0.25) is 0 Å². The standard InChI is InChI=1S/C24H27N3O6/c1-3-32-24(31)33-21-9-7-17(8-10-21)22(29)26-19-11-13-27(14-12-19)23(30)18-5-4-6-20(15-18)25-16(2)28/h4-10,15,19H,3,11-14H2,1-2H3,(H,25,28)(H,26,29). The van der Waals surface area contributed by atoms with E-state index in [4.69, 9.17) is 9.47 Å². The molecule has 9 nitrogen and oxygen atoms in total. The molecule has 0 aromatic heterocycles. The summed E-state index contributed by atoms with van der Waals surface area (Å²) in [5.41, 5.74) is 1.53. The Bertz CT molecular complexity index is 1010. The smallest absolute Gasteiger partial charge is 0.434 e. The van der Waals surface area contributed by atoms with Gasteiger partial charge in [-0.25, -0.2) is 4.79 Å². The van der Waals surface area contributed by atoms with E-state index in [1.54, 1.807) is 48.2 Å². The predicted octanol–water partition coefficient (Wildman–Crippen LogP) is 3.21. The minimum absolute atomic E-state index is 0.0530. The van der Waals surface area contributed by atoms with Crippen molar-refractivity contribution in [2.75, 3.05) is 25.0 Å². The van der Waals surface area contributed by atoms with Crippen LogP contribution < -0.4 is 15.4 Å². The monoisotopic (exact) mass is 453 g/mol. The van der Waals surface area contributed by atoms with Crippen LogP contribution >= 0.6 is 0 Å². The lowest BCUT2D eigenvalue weighted by Crippen LogP contribution is -2.46. The molecule has 0 atom stereocenters. The lowest BCUT2D eigenvalue weighted by Gasteiger charge is -2.32. The van der Waals surface area contributed by atoms with Gasteiger partial charge < -0.3 is 25.0 Å². The summed E-state index contributed by atoms with van der Waals surface area (Å²) in [5, 5.41) is 5.67. The molecule has 174 valence electrons. The maximum absolute atomic E-state index is 12.8. The van der Waals surface area contributed by atoms with E-state index in [2.05, 4.69) is 10.6 Å². The lowest BCUT2D eigenvalue weighted by molar-refractivity contribution is -0.114. The molecule has 33 heavy (non-hydrogen) atoms. The SMILES string of the molecule is CCOC(=O)Oc1ccc(C(=O)NC2CCN(C(=O)c3cccc(NC(C)=O)c3)CC2)cc1. The summed E-state index contributed by atoms with van der Waals surface area (Å²) in [6.45, 7) is 4.34. The number of nitrogens with one attached hydrogen (secondary N) is 2. The highest BCUT2D eigenvalue weighted by molar-refractivity contribution is 5.97. The second kappa shape index (κ2) is 11.1. The molecular formula is C24H27N3O6. The fourth-order valence-corrected chi connectivity index (χ4v) is 3.53. The normalized spacial score (nSPS) is 13.7. The molecule has 0 saturated carbocycles. The highest BCUT2D eigenvalue weighted by atomic mass is 16.7. The van der Waals surface area contributed by atoms with E-state index in [0.717, 1.165) is 0 Å². The number of hydrogen-bond donors (Lipinski definition) is 2. The number of carbonyl (C=O) groups excluding carboxylic acids is 4. The Balaban J connectivity index is 1.50. The van der Waals surface area contributed by atoms with Crippen molar-refractivity contribution in [3.63, 3.8) is 0 Å². The molecule has 9 heteroatoms. The van der Waals surface area contributed by atoms with Gasteiger partial charge >= 0.3 is 6.16 Å². The molecule has 0 bridgehead atoms. The number of anilines is 1. The summed E-state index contributed by atoms with van der Waals surface area (Å²) in [4.78, 5) is 49.7. The zero-order valence-electron chi connectivity index (χ0n) is 18.6. The van der Waals surface area contributed by atoms with Gasteiger partial charge in [0.2, 0.25) is 5.91 Å². The van der Waals surface area contributed by atoms with Gasteiger partial charge in [0.05, 0.1) is 6.61 Å². The average molecular weight is 453 g/mol. The van der Waals surface area contributed by atoms with E-state index in [9.17, 15) is 19.2 Å². The molecule has 2 aromatic rings. The van der Waals surface area contributed by atoms with Crippen molar-refractivity contribution >= 4 is 29.6 Å². The first-order valence-electron chi connectivity index (χ1n) is 10.8. The van der Waals surface area contributed by atoms with Crippen molar-refractivity contribution in [1.82, 2.24) is 10.2 Å². The first-order valence-corrected chi connectivity index (χ1v) is 10.8. The maximum atomic E-state index is 12.8. The number of piperidine rings is 1. The van der Waals surface area contributed by atoms with Crippen LogP contribution in [0.1, 0.15) is 47.4 Å². The summed E-state index contributed by atoms with van der Waals surface area (Å²) >= 11 is 0. The van der Waals surface area contributed by atoms with Crippen LogP contribution in [0, 0.1) is 0 Å². The van der Waals surface area contributed by atoms with Gasteiger partial charge in [-0.3, -0.25) is 14.4 Å². The molecule has 1 saturated heterocycles. The third-order valence-corrected chi connectivity index (χ3v) is 5.13. The van der Waals surface area contributed by atoms with Gasteiger partial charge in [-0.05, 0) is 62.2 Å². The largest absolute Gasteiger partial charge is 0.513 e. The zero-order valence-corrected chi connectivity index (χ0v) is 18.6. The Morgan fingerprint density at radius 2 is 1.70 bits per heavy atom. The highest BCUT2D eigenvalue weighted by Crippen LogP contribution is 2.18. The number of nitrogens with zero attached hydrogens (tertiary/aromatic N) is 1. The van der Waals surface area contributed by atoms with Crippen LogP contribution in [0.15, 0.2) is 48.5 Å². The van der Waals surface area contributed by atoms with Crippen LogP contribution in [-0.4, -0.2) is 54.5 Å². The number of hydrogen-bond acceptors (Lipinski definition) is 6. The van der Waals surface area contributed by atoms with Crippen molar-refractivity contribution in [3.8, 4) is 5.75 Å². The van der Waals surface area contributed by atoms with Crippen LogP contribution in [0.3, 0.4) is 0 Å². The molecule has 2 aromatic carbocycles. The van der Waals surface area contributed by atoms with Crippen LogP contribution in [0.5, 0.6) is 5.75 Å². The molecule has 0 radical (unpaired) electrons. The third-order valence-electron chi connectivity index (χ3n) is 5.13. The van der Waals surface area contributed by atoms with Crippen molar-refractivity contribution in [3.05, 3.63) is 59.7 Å². The summed E-state index contributed by atoms with van der Waals surface area (Å²) < 4.78 is 9.70. The van der Waals surface area contributed by atoms with Gasteiger partial charge in [0.1, 0.15) is 5.75 Å². The van der Waals surface area contributed by atoms with Crippen LogP contribution in [0.4, 0.5) is 10.5 Å². The summed E-state index contributed by atoms with van der Waals surface area (Å²) in [5.74, 6) is -0.244. The Morgan fingerprint density at radius 3 is 2.33 bits per heavy atom. The topological polar surface area (TPSA) is 114 Å². The van der Waals surface area contributed by atoms with Gasteiger partial charge in [-0.1, -0.05) is 6.07 Å². The van der Waals surface area contributed by atoms with Gasteiger partial charge in [-0.15, -0.1) is 0 Å². The number of carbonyl (C=O) groups is 4. The van der Waals surface area contributed by atoms with E-state index in [0.29, 0.717) is 48.5 Å². The maximum Gasteiger partial charge on any atom is 0.513 e. The molecule has 0 spiro atoms. The van der Waals surface area contributed by atoms with Crippen molar-refractivity contribution < 1.29 is 28.7 Å². The first kappa shape index (κ1) is 23.8. The number of rotatable bonds is 6. The second-order valence-electron chi connectivity index (χ2n) is 7.61. The van der Waals surface area contributed by atoms with E-state index in [1.165, 1.54) is 19.1 Å². The second-order valence-corrected chi connectivity index (χ2v) is 7.61. The Hall–Kier alpha value is -3.88. The average Bonchev–Trinajstić information content (AvgIpc) is 2.79. The Labute approximate surface area is 192 Å². The summed E-state index contributed by atoms with van der Waals surface area (Å²) in [7, 11) is 0. The molecule has 1 heterocycles. The van der Waals surface area contributed by atoms with Gasteiger partial charge in [0, 0.05) is 42.9 Å².